The first-order chi connectivity index (χ1) is 9.76. The Morgan fingerprint density at radius 2 is 2.25 bits per heavy atom. The summed E-state index contributed by atoms with van der Waals surface area (Å²) < 4.78 is 11.1. The van der Waals surface area contributed by atoms with Crippen molar-refractivity contribution in [1.82, 2.24) is 10.3 Å². The minimum atomic E-state index is 0.728. The van der Waals surface area contributed by atoms with Gasteiger partial charge in [0.25, 0.3) is 0 Å². The highest BCUT2D eigenvalue weighted by Crippen LogP contribution is 2.27. The third-order valence-electron chi connectivity index (χ3n) is 3.60. The van der Waals surface area contributed by atoms with Gasteiger partial charge in [-0.1, -0.05) is 12.1 Å². The maximum Gasteiger partial charge on any atom is 0.196 e. The number of aryl methyl sites for hydroxylation is 1. The molecule has 1 saturated carbocycles. The molecule has 0 amide bonds. The number of nitrogens with zero attached hydrogens (tertiary/aromatic N) is 1. The van der Waals surface area contributed by atoms with Crippen LogP contribution in [0.25, 0.3) is 11.3 Å². The van der Waals surface area contributed by atoms with Gasteiger partial charge in [0, 0.05) is 24.6 Å². The van der Waals surface area contributed by atoms with E-state index in [1.807, 2.05) is 25.1 Å². The second-order valence-corrected chi connectivity index (χ2v) is 5.28. The largest absolute Gasteiger partial charge is 0.496 e. The first-order valence-corrected chi connectivity index (χ1v) is 7.09. The zero-order valence-electron chi connectivity index (χ0n) is 12.0. The molecule has 0 bridgehead atoms. The van der Waals surface area contributed by atoms with Crippen LogP contribution in [0.5, 0.6) is 5.75 Å². The Labute approximate surface area is 119 Å². The normalized spacial score (nSPS) is 14.5. The molecule has 0 spiro atoms. The van der Waals surface area contributed by atoms with Crippen molar-refractivity contribution >= 4 is 0 Å². The second kappa shape index (κ2) is 5.67. The molecule has 1 heterocycles. The van der Waals surface area contributed by atoms with E-state index in [1.54, 1.807) is 13.3 Å². The Morgan fingerprint density at radius 1 is 1.40 bits per heavy atom. The van der Waals surface area contributed by atoms with Gasteiger partial charge in [-0.05, 0) is 31.4 Å². The van der Waals surface area contributed by atoms with Gasteiger partial charge in [0.2, 0.25) is 0 Å². The lowest BCUT2D eigenvalue weighted by Gasteiger charge is -2.05. The molecule has 1 aromatic heterocycles. The summed E-state index contributed by atoms with van der Waals surface area (Å²) in [7, 11) is 1.68. The monoisotopic (exact) mass is 272 g/mol. The van der Waals surface area contributed by atoms with Crippen LogP contribution in [-0.4, -0.2) is 24.7 Å². The smallest absolute Gasteiger partial charge is 0.196 e. The fourth-order valence-electron chi connectivity index (χ4n) is 2.20. The highest BCUT2D eigenvalue weighted by Gasteiger charge is 2.20. The van der Waals surface area contributed by atoms with E-state index in [0.29, 0.717) is 0 Å². The van der Waals surface area contributed by atoms with Gasteiger partial charge >= 0.3 is 0 Å². The van der Waals surface area contributed by atoms with Gasteiger partial charge in [0.05, 0.1) is 13.3 Å². The summed E-state index contributed by atoms with van der Waals surface area (Å²) in [6.45, 7) is 2.96. The highest BCUT2D eigenvalue weighted by molar-refractivity contribution is 5.60. The molecule has 1 aliphatic carbocycles. The number of oxazole rings is 1. The van der Waals surface area contributed by atoms with Crippen LogP contribution < -0.4 is 10.1 Å². The zero-order chi connectivity index (χ0) is 13.9. The summed E-state index contributed by atoms with van der Waals surface area (Å²) in [6, 6.07) is 6.78. The van der Waals surface area contributed by atoms with Crippen LogP contribution in [0.3, 0.4) is 0 Å². The Hall–Kier alpha value is -1.81. The minimum Gasteiger partial charge on any atom is -0.496 e. The van der Waals surface area contributed by atoms with Crippen LogP contribution in [0, 0.1) is 6.92 Å². The van der Waals surface area contributed by atoms with Gasteiger partial charge in [-0.2, -0.15) is 0 Å². The standard InChI is InChI=1S/C16H20N2O2/c1-11-3-4-12(9-14(11)19-2)15-10-18-16(20-15)7-8-17-13-5-6-13/h3-4,9-10,13,17H,5-8H2,1-2H3. The van der Waals surface area contributed by atoms with Crippen LogP contribution >= 0.6 is 0 Å². The summed E-state index contributed by atoms with van der Waals surface area (Å²) in [5.41, 5.74) is 2.12. The average molecular weight is 272 g/mol. The van der Waals surface area contributed by atoms with Crippen molar-refractivity contribution in [2.75, 3.05) is 13.7 Å². The molecule has 4 heteroatoms. The molecule has 1 fully saturated rings. The highest BCUT2D eigenvalue weighted by atomic mass is 16.5. The molecule has 0 radical (unpaired) electrons. The topological polar surface area (TPSA) is 47.3 Å². The maximum atomic E-state index is 5.80. The van der Waals surface area contributed by atoms with Crippen LogP contribution in [0.2, 0.25) is 0 Å². The second-order valence-electron chi connectivity index (χ2n) is 5.28. The number of aromatic nitrogens is 1. The molecule has 106 valence electrons. The van der Waals surface area contributed by atoms with Gasteiger partial charge in [-0.3, -0.25) is 0 Å². The van der Waals surface area contributed by atoms with Crippen LogP contribution in [0.15, 0.2) is 28.8 Å². The van der Waals surface area contributed by atoms with E-state index in [2.05, 4.69) is 10.3 Å². The van der Waals surface area contributed by atoms with E-state index >= 15 is 0 Å². The lowest BCUT2D eigenvalue weighted by atomic mass is 10.1. The van der Waals surface area contributed by atoms with Crippen molar-refractivity contribution in [2.45, 2.75) is 32.2 Å². The van der Waals surface area contributed by atoms with E-state index in [1.165, 1.54) is 12.8 Å². The van der Waals surface area contributed by atoms with Crippen molar-refractivity contribution in [3.05, 3.63) is 35.9 Å². The number of hydrogen-bond acceptors (Lipinski definition) is 4. The van der Waals surface area contributed by atoms with Gasteiger partial charge in [-0.15, -0.1) is 0 Å². The molecule has 0 unspecified atom stereocenters. The van der Waals surface area contributed by atoms with E-state index in [4.69, 9.17) is 9.15 Å². The molecule has 0 saturated heterocycles. The molecule has 0 aliphatic heterocycles. The minimum absolute atomic E-state index is 0.728. The lowest BCUT2D eigenvalue weighted by molar-refractivity contribution is 0.411. The maximum absolute atomic E-state index is 5.80. The molecule has 4 nitrogen and oxygen atoms in total. The van der Waals surface area contributed by atoms with Crippen LogP contribution in [0.1, 0.15) is 24.3 Å². The molecule has 1 aliphatic rings. The summed E-state index contributed by atoms with van der Waals surface area (Å²) in [4.78, 5) is 4.34. The first kappa shape index (κ1) is 13.2. The Morgan fingerprint density at radius 3 is 3.00 bits per heavy atom. The molecule has 20 heavy (non-hydrogen) atoms. The first-order valence-electron chi connectivity index (χ1n) is 7.09. The fourth-order valence-corrected chi connectivity index (χ4v) is 2.20. The molecular formula is C16H20N2O2. The van der Waals surface area contributed by atoms with Crippen molar-refractivity contribution < 1.29 is 9.15 Å². The Bertz CT molecular complexity index is 588. The predicted octanol–water partition coefficient (Wildman–Crippen LogP) is 2.95. The number of nitrogens with one attached hydrogen (secondary N) is 1. The van der Waals surface area contributed by atoms with E-state index < -0.39 is 0 Å². The molecule has 2 aromatic rings. The van der Waals surface area contributed by atoms with E-state index in [-0.39, 0.29) is 0 Å². The predicted molar refractivity (Wildman–Crippen MR) is 78.0 cm³/mol. The van der Waals surface area contributed by atoms with Crippen LogP contribution in [-0.2, 0) is 6.42 Å². The fraction of sp³-hybridized carbons (Fsp3) is 0.438. The molecule has 0 atom stereocenters. The van der Waals surface area contributed by atoms with Crippen molar-refractivity contribution in [2.24, 2.45) is 0 Å². The number of benzene rings is 1. The summed E-state index contributed by atoms with van der Waals surface area (Å²) in [5, 5.41) is 3.46. The van der Waals surface area contributed by atoms with Crippen molar-refractivity contribution in [3.8, 4) is 17.1 Å². The average Bonchev–Trinajstić information content (AvgIpc) is 3.16. The van der Waals surface area contributed by atoms with Gasteiger partial charge in [0.1, 0.15) is 5.75 Å². The number of rotatable bonds is 6. The molecule has 3 rings (SSSR count). The number of hydrogen-bond donors (Lipinski definition) is 1. The Balaban J connectivity index is 1.68. The molecular weight excluding hydrogens is 252 g/mol. The van der Waals surface area contributed by atoms with Gasteiger partial charge in [-0.25, -0.2) is 4.98 Å². The van der Waals surface area contributed by atoms with E-state index in [0.717, 1.165) is 47.5 Å². The van der Waals surface area contributed by atoms with Gasteiger partial charge < -0.3 is 14.5 Å². The molecule has 1 N–H and O–H groups in total. The zero-order valence-corrected chi connectivity index (χ0v) is 12.0. The SMILES string of the molecule is COc1cc(-c2cnc(CCNC3CC3)o2)ccc1C. The third kappa shape index (κ3) is 3.02. The quantitative estimate of drug-likeness (QED) is 0.878. The van der Waals surface area contributed by atoms with Gasteiger partial charge in [0.15, 0.2) is 11.7 Å². The molecule has 1 aromatic carbocycles. The summed E-state index contributed by atoms with van der Waals surface area (Å²) in [5.74, 6) is 2.45. The number of ether oxygens (including phenoxy) is 1. The van der Waals surface area contributed by atoms with Crippen molar-refractivity contribution in [1.29, 1.82) is 0 Å². The third-order valence-corrected chi connectivity index (χ3v) is 3.60. The van der Waals surface area contributed by atoms with E-state index in [9.17, 15) is 0 Å². The lowest BCUT2D eigenvalue weighted by Crippen LogP contribution is -2.19. The Kier molecular flexibility index (Phi) is 3.74. The number of methoxy groups -OCH3 is 1. The summed E-state index contributed by atoms with van der Waals surface area (Å²) in [6.07, 6.45) is 5.23. The van der Waals surface area contributed by atoms with Crippen LogP contribution in [0.4, 0.5) is 0 Å². The summed E-state index contributed by atoms with van der Waals surface area (Å²) >= 11 is 0. The van der Waals surface area contributed by atoms with Crippen molar-refractivity contribution in [3.63, 3.8) is 0 Å².